The number of hydrogen-bond donors (Lipinski definition) is 1. The van der Waals surface area contributed by atoms with Crippen LogP contribution in [0.1, 0.15) is 19.4 Å². The molecule has 1 N–H and O–H groups in total. The maximum Gasteiger partial charge on any atom is 0.128 e. The predicted octanol–water partition coefficient (Wildman–Crippen LogP) is 2.82. The molecule has 0 unspecified atom stereocenters. The average Bonchev–Trinajstić information content (AvgIpc) is 2.86. The minimum Gasteiger partial charge on any atom is -0.313 e. The van der Waals surface area contributed by atoms with Crippen LogP contribution in [0.3, 0.4) is 0 Å². The first kappa shape index (κ1) is 12.8. The van der Waals surface area contributed by atoms with E-state index in [0.29, 0.717) is 12.1 Å². The zero-order valence-electron chi connectivity index (χ0n) is 10.8. The Labute approximate surface area is 107 Å². The van der Waals surface area contributed by atoms with Gasteiger partial charge in [-0.15, -0.1) is 0 Å². The summed E-state index contributed by atoms with van der Waals surface area (Å²) in [5.41, 5.74) is 2.52. The highest BCUT2D eigenvalue weighted by Crippen LogP contribution is 2.21. The van der Waals surface area contributed by atoms with E-state index in [9.17, 15) is 4.39 Å². The number of rotatable bonds is 5. The van der Waals surface area contributed by atoms with Gasteiger partial charge in [0.1, 0.15) is 5.82 Å². The summed E-state index contributed by atoms with van der Waals surface area (Å²) < 4.78 is 15.7. The van der Waals surface area contributed by atoms with Gasteiger partial charge in [-0.05, 0) is 25.1 Å². The molecule has 0 aliphatic rings. The average molecular weight is 247 g/mol. The Morgan fingerprint density at radius 1 is 1.28 bits per heavy atom. The molecule has 0 spiro atoms. The van der Waals surface area contributed by atoms with Crippen molar-refractivity contribution in [2.45, 2.75) is 26.9 Å². The van der Waals surface area contributed by atoms with Crippen LogP contribution in [-0.4, -0.2) is 16.3 Å². The van der Waals surface area contributed by atoms with Crippen LogP contribution in [0.25, 0.3) is 11.1 Å². The third-order valence-corrected chi connectivity index (χ3v) is 2.91. The van der Waals surface area contributed by atoms with Crippen molar-refractivity contribution in [2.24, 2.45) is 0 Å². The molecule has 0 saturated carbocycles. The highest BCUT2D eigenvalue weighted by atomic mass is 19.1. The Morgan fingerprint density at radius 2 is 2.11 bits per heavy atom. The van der Waals surface area contributed by atoms with E-state index in [2.05, 4.69) is 10.4 Å². The molecule has 4 heteroatoms. The number of nitrogens with one attached hydrogen (secondary N) is 1. The van der Waals surface area contributed by atoms with E-state index in [0.717, 1.165) is 24.2 Å². The molecule has 0 aliphatic heterocycles. The van der Waals surface area contributed by atoms with E-state index in [1.807, 2.05) is 36.9 Å². The third kappa shape index (κ3) is 2.76. The van der Waals surface area contributed by atoms with E-state index in [1.54, 1.807) is 12.3 Å². The summed E-state index contributed by atoms with van der Waals surface area (Å²) in [6.45, 7) is 6.25. The predicted molar refractivity (Wildman–Crippen MR) is 70.7 cm³/mol. The summed E-state index contributed by atoms with van der Waals surface area (Å²) in [5, 5.41) is 7.32. The van der Waals surface area contributed by atoms with Crippen LogP contribution < -0.4 is 5.32 Å². The summed E-state index contributed by atoms with van der Waals surface area (Å²) in [5.74, 6) is -0.169. The summed E-state index contributed by atoms with van der Waals surface area (Å²) in [6.07, 6.45) is 3.70. The van der Waals surface area contributed by atoms with E-state index in [-0.39, 0.29) is 5.82 Å². The maximum absolute atomic E-state index is 13.9. The minimum absolute atomic E-state index is 0.169. The highest BCUT2D eigenvalue weighted by Gasteiger charge is 2.06. The molecule has 0 saturated heterocycles. The molecule has 0 fully saturated rings. The molecule has 1 aromatic heterocycles. The Kier molecular flexibility index (Phi) is 4.10. The van der Waals surface area contributed by atoms with Crippen molar-refractivity contribution in [3.05, 3.63) is 42.0 Å². The maximum atomic E-state index is 13.9. The number of nitrogens with zero attached hydrogens (tertiary/aromatic N) is 2. The molecular formula is C14H18FN3. The Morgan fingerprint density at radius 3 is 2.72 bits per heavy atom. The van der Waals surface area contributed by atoms with Crippen molar-refractivity contribution in [1.82, 2.24) is 15.1 Å². The largest absolute Gasteiger partial charge is 0.313 e. The molecular weight excluding hydrogens is 229 g/mol. The lowest BCUT2D eigenvalue weighted by Crippen LogP contribution is -2.12. The van der Waals surface area contributed by atoms with Crippen molar-refractivity contribution in [1.29, 1.82) is 0 Å². The van der Waals surface area contributed by atoms with E-state index >= 15 is 0 Å². The van der Waals surface area contributed by atoms with Crippen LogP contribution in [0, 0.1) is 5.82 Å². The topological polar surface area (TPSA) is 29.9 Å². The molecule has 0 radical (unpaired) electrons. The van der Waals surface area contributed by atoms with Gasteiger partial charge in [-0.2, -0.15) is 5.10 Å². The second-order valence-corrected chi connectivity index (χ2v) is 4.17. The van der Waals surface area contributed by atoms with Crippen molar-refractivity contribution in [2.75, 3.05) is 6.54 Å². The molecule has 1 aromatic carbocycles. The number of halogens is 1. The molecule has 96 valence electrons. The van der Waals surface area contributed by atoms with E-state index in [1.165, 1.54) is 0 Å². The first-order valence-corrected chi connectivity index (χ1v) is 6.26. The molecule has 1 heterocycles. The highest BCUT2D eigenvalue weighted by molar-refractivity contribution is 5.62. The summed E-state index contributed by atoms with van der Waals surface area (Å²) in [7, 11) is 0. The Hall–Kier alpha value is -1.68. The minimum atomic E-state index is -0.169. The Bertz CT molecular complexity index is 520. The summed E-state index contributed by atoms with van der Waals surface area (Å²) in [6, 6.07) is 5.34. The first-order valence-electron chi connectivity index (χ1n) is 6.26. The summed E-state index contributed by atoms with van der Waals surface area (Å²) in [4.78, 5) is 0. The summed E-state index contributed by atoms with van der Waals surface area (Å²) >= 11 is 0. The second-order valence-electron chi connectivity index (χ2n) is 4.17. The van der Waals surface area contributed by atoms with Gasteiger partial charge in [0.05, 0.1) is 6.20 Å². The third-order valence-electron chi connectivity index (χ3n) is 2.91. The van der Waals surface area contributed by atoms with Gasteiger partial charge >= 0.3 is 0 Å². The SMILES string of the molecule is CCNCc1ccc(-c2cnn(CC)c2)cc1F. The Balaban J connectivity index is 2.22. The zero-order chi connectivity index (χ0) is 13.0. The standard InChI is InChI=1S/C14H18FN3/c1-3-16-8-12-6-5-11(7-14(12)15)13-9-17-18(4-2)10-13/h5-7,9-10,16H,3-4,8H2,1-2H3. The lowest BCUT2D eigenvalue weighted by atomic mass is 10.1. The van der Waals surface area contributed by atoms with Crippen molar-refractivity contribution in [3.8, 4) is 11.1 Å². The van der Waals surface area contributed by atoms with Gasteiger partial charge in [-0.25, -0.2) is 4.39 Å². The van der Waals surface area contributed by atoms with Gasteiger partial charge in [0.15, 0.2) is 0 Å². The van der Waals surface area contributed by atoms with Gasteiger partial charge in [0, 0.05) is 30.4 Å². The zero-order valence-corrected chi connectivity index (χ0v) is 10.8. The van der Waals surface area contributed by atoms with Crippen molar-refractivity contribution < 1.29 is 4.39 Å². The lowest BCUT2D eigenvalue weighted by molar-refractivity contribution is 0.594. The molecule has 0 bridgehead atoms. The fourth-order valence-corrected chi connectivity index (χ4v) is 1.82. The molecule has 2 rings (SSSR count). The van der Waals surface area contributed by atoms with Gasteiger partial charge in [-0.1, -0.05) is 19.1 Å². The molecule has 0 aliphatic carbocycles. The lowest BCUT2D eigenvalue weighted by Gasteiger charge is -2.05. The normalized spacial score (nSPS) is 10.8. The van der Waals surface area contributed by atoms with Crippen LogP contribution in [0.4, 0.5) is 4.39 Å². The molecule has 0 amide bonds. The van der Waals surface area contributed by atoms with Gasteiger partial charge in [0.2, 0.25) is 0 Å². The van der Waals surface area contributed by atoms with Crippen LogP contribution >= 0.6 is 0 Å². The fourth-order valence-electron chi connectivity index (χ4n) is 1.82. The van der Waals surface area contributed by atoms with Crippen LogP contribution in [0.2, 0.25) is 0 Å². The van der Waals surface area contributed by atoms with Gasteiger partial charge in [0.25, 0.3) is 0 Å². The smallest absolute Gasteiger partial charge is 0.128 e. The van der Waals surface area contributed by atoms with E-state index < -0.39 is 0 Å². The van der Waals surface area contributed by atoms with Crippen molar-refractivity contribution >= 4 is 0 Å². The molecule has 2 aromatic rings. The molecule has 3 nitrogen and oxygen atoms in total. The van der Waals surface area contributed by atoms with Crippen molar-refractivity contribution in [3.63, 3.8) is 0 Å². The monoisotopic (exact) mass is 247 g/mol. The first-order chi connectivity index (χ1) is 8.74. The van der Waals surface area contributed by atoms with Gasteiger partial charge in [-0.3, -0.25) is 4.68 Å². The number of aromatic nitrogens is 2. The van der Waals surface area contributed by atoms with Gasteiger partial charge < -0.3 is 5.32 Å². The van der Waals surface area contributed by atoms with Crippen LogP contribution in [0.5, 0.6) is 0 Å². The number of hydrogen-bond acceptors (Lipinski definition) is 2. The number of benzene rings is 1. The number of aryl methyl sites for hydroxylation is 1. The molecule has 0 atom stereocenters. The molecule has 18 heavy (non-hydrogen) atoms. The fraction of sp³-hybridized carbons (Fsp3) is 0.357. The van der Waals surface area contributed by atoms with Crippen LogP contribution in [0.15, 0.2) is 30.6 Å². The van der Waals surface area contributed by atoms with E-state index in [4.69, 9.17) is 0 Å². The second kappa shape index (κ2) is 5.78. The quantitative estimate of drug-likeness (QED) is 0.880. The van der Waals surface area contributed by atoms with Crippen LogP contribution in [-0.2, 0) is 13.1 Å².